The molecule has 0 spiro atoms. The molecule has 41 heavy (non-hydrogen) atoms. The number of hydrogen-bond donors (Lipinski definition) is 1. The van der Waals surface area contributed by atoms with Gasteiger partial charge >= 0.3 is 5.97 Å². The third-order valence-corrected chi connectivity index (χ3v) is 7.53. The lowest BCUT2D eigenvalue weighted by molar-refractivity contribution is -0.141. The molecule has 1 aromatic heterocycles. The highest BCUT2D eigenvalue weighted by Crippen LogP contribution is 2.30. The summed E-state index contributed by atoms with van der Waals surface area (Å²) in [6.07, 6.45) is 3.06. The topological polar surface area (TPSA) is 80.6 Å². The van der Waals surface area contributed by atoms with Gasteiger partial charge in [0.25, 0.3) is 5.56 Å². The van der Waals surface area contributed by atoms with Gasteiger partial charge in [0.1, 0.15) is 6.04 Å². The molecular weight excluding hydrogens is 514 g/mol. The fraction of sp³-hybridized carbons (Fsp3) is 0.441. The first-order valence-corrected chi connectivity index (χ1v) is 14.3. The molecule has 0 saturated heterocycles. The Morgan fingerprint density at radius 3 is 2.24 bits per heavy atom. The first-order chi connectivity index (χ1) is 19.4. The second kappa shape index (κ2) is 14.3. The van der Waals surface area contributed by atoms with Crippen molar-refractivity contribution < 1.29 is 14.3 Å². The van der Waals surface area contributed by atoms with Gasteiger partial charge in [0.15, 0.2) is 0 Å². The average molecular weight is 560 g/mol. The Balaban J connectivity index is 2.02. The van der Waals surface area contributed by atoms with Crippen LogP contribution in [0.3, 0.4) is 0 Å². The predicted octanol–water partition coefficient (Wildman–Crippen LogP) is 5.55. The molecule has 1 amide bonds. The van der Waals surface area contributed by atoms with Crippen LogP contribution >= 0.6 is 0 Å². The predicted molar refractivity (Wildman–Crippen MR) is 165 cm³/mol. The quantitative estimate of drug-likeness (QED) is 0.294. The van der Waals surface area contributed by atoms with Gasteiger partial charge in [0, 0.05) is 18.8 Å². The number of benzene rings is 2. The average Bonchev–Trinajstić information content (AvgIpc) is 2.91. The number of amides is 1. The number of nitrogens with one attached hydrogen (secondary N) is 1. The number of hydrogen-bond acceptors (Lipinski definition) is 5. The van der Waals surface area contributed by atoms with Crippen LogP contribution in [0, 0.1) is 26.7 Å². The normalized spacial score (nSPS) is 12.8. The molecule has 1 unspecified atom stereocenters. The summed E-state index contributed by atoms with van der Waals surface area (Å²) in [6.45, 7) is 11.0. The standard InChI is InChI=1S/C34H45N3O4/c1-22(2)17-30(37-21-28(15-16-36(6)7)25(5)18-31(37)38)34(40)35-29(20-32(39)41-8)26-13-10-14-27(19-26)33-23(3)11-9-12-24(33)4/h9-14,18-19,21-22,29-30H,15-17,20H2,1-8H3,(H,35,40)/t29-,30?/m0/s1. The van der Waals surface area contributed by atoms with E-state index in [1.165, 1.54) is 7.11 Å². The van der Waals surface area contributed by atoms with Gasteiger partial charge in [-0.15, -0.1) is 0 Å². The van der Waals surface area contributed by atoms with Crippen molar-refractivity contribution >= 4 is 11.9 Å². The zero-order chi connectivity index (χ0) is 30.3. The van der Waals surface area contributed by atoms with Gasteiger partial charge in [-0.25, -0.2) is 0 Å². The molecule has 7 nitrogen and oxygen atoms in total. The summed E-state index contributed by atoms with van der Waals surface area (Å²) in [6, 6.07) is 14.4. The van der Waals surface area contributed by atoms with Crippen LogP contribution in [0.25, 0.3) is 11.1 Å². The van der Waals surface area contributed by atoms with Crippen molar-refractivity contribution in [2.24, 2.45) is 5.92 Å². The van der Waals surface area contributed by atoms with E-state index >= 15 is 0 Å². The fourth-order valence-electron chi connectivity index (χ4n) is 5.28. The van der Waals surface area contributed by atoms with E-state index in [1.54, 1.807) is 10.6 Å². The Hall–Kier alpha value is -3.71. The molecule has 3 aromatic rings. The van der Waals surface area contributed by atoms with E-state index < -0.39 is 18.1 Å². The molecule has 0 radical (unpaired) electrons. The van der Waals surface area contributed by atoms with Gasteiger partial charge in [-0.1, -0.05) is 50.2 Å². The van der Waals surface area contributed by atoms with Crippen LogP contribution in [-0.2, 0) is 20.7 Å². The summed E-state index contributed by atoms with van der Waals surface area (Å²) in [4.78, 5) is 41.8. The fourth-order valence-corrected chi connectivity index (χ4v) is 5.28. The van der Waals surface area contributed by atoms with Crippen molar-refractivity contribution in [3.05, 3.63) is 92.9 Å². The summed E-state index contributed by atoms with van der Waals surface area (Å²) in [5.41, 5.74) is 6.99. The number of methoxy groups -OCH3 is 1. The third kappa shape index (κ3) is 8.40. The van der Waals surface area contributed by atoms with E-state index in [-0.39, 0.29) is 23.8 Å². The van der Waals surface area contributed by atoms with Crippen LogP contribution in [-0.4, -0.2) is 49.1 Å². The van der Waals surface area contributed by atoms with Gasteiger partial charge in [-0.05, 0) is 98.6 Å². The van der Waals surface area contributed by atoms with Crippen molar-refractivity contribution in [2.45, 2.75) is 66.0 Å². The number of aromatic nitrogens is 1. The Morgan fingerprint density at radius 2 is 1.63 bits per heavy atom. The van der Waals surface area contributed by atoms with Gasteiger partial charge in [0.2, 0.25) is 5.91 Å². The molecule has 2 aromatic carbocycles. The molecule has 0 aliphatic heterocycles. The van der Waals surface area contributed by atoms with E-state index in [2.05, 4.69) is 36.2 Å². The van der Waals surface area contributed by atoms with Crippen molar-refractivity contribution in [3.8, 4) is 11.1 Å². The van der Waals surface area contributed by atoms with E-state index in [4.69, 9.17) is 4.74 Å². The highest BCUT2D eigenvalue weighted by Gasteiger charge is 2.28. The molecule has 0 bridgehead atoms. The molecule has 1 N–H and O–H groups in total. The van der Waals surface area contributed by atoms with Crippen LogP contribution in [0.15, 0.2) is 59.5 Å². The Bertz CT molecular complexity index is 1400. The van der Waals surface area contributed by atoms with E-state index in [0.29, 0.717) is 6.42 Å². The summed E-state index contributed by atoms with van der Waals surface area (Å²) < 4.78 is 6.56. The number of esters is 1. The molecule has 7 heteroatoms. The zero-order valence-electron chi connectivity index (χ0n) is 25.8. The minimum absolute atomic E-state index is 0.0241. The van der Waals surface area contributed by atoms with Gasteiger partial charge in [-0.2, -0.15) is 0 Å². The molecule has 3 rings (SSSR count). The van der Waals surface area contributed by atoms with Crippen molar-refractivity contribution in [1.29, 1.82) is 0 Å². The number of carbonyl (C=O) groups is 2. The summed E-state index contributed by atoms with van der Waals surface area (Å²) in [7, 11) is 5.37. The number of ether oxygens (including phenoxy) is 1. The second-order valence-corrected chi connectivity index (χ2v) is 11.7. The van der Waals surface area contributed by atoms with Gasteiger partial charge in [-0.3, -0.25) is 14.4 Å². The second-order valence-electron chi connectivity index (χ2n) is 11.7. The number of aryl methyl sites for hydroxylation is 3. The van der Waals surface area contributed by atoms with Crippen LogP contribution in [0.4, 0.5) is 0 Å². The Kier molecular flexibility index (Phi) is 11.1. The Morgan fingerprint density at radius 1 is 0.976 bits per heavy atom. The van der Waals surface area contributed by atoms with Gasteiger partial charge in [0.05, 0.1) is 19.6 Å². The highest BCUT2D eigenvalue weighted by atomic mass is 16.5. The minimum atomic E-state index is -0.719. The molecule has 0 saturated carbocycles. The molecular formula is C34H45N3O4. The smallest absolute Gasteiger partial charge is 0.307 e. The number of rotatable bonds is 12. The highest BCUT2D eigenvalue weighted by molar-refractivity contribution is 5.82. The first-order valence-electron chi connectivity index (χ1n) is 14.3. The monoisotopic (exact) mass is 559 g/mol. The van der Waals surface area contributed by atoms with Crippen LogP contribution in [0.1, 0.15) is 66.6 Å². The van der Waals surface area contributed by atoms with Crippen molar-refractivity contribution in [3.63, 3.8) is 0 Å². The van der Waals surface area contributed by atoms with Crippen molar-refractivity contribution in [2.75, 3.05) is 27.7 Å². The number of nitrogens with zero attached hydrogens (tertiary/aromatic N) is 2. The molecule has 0 fully saturated rings. The zero-order valence-corrected chi connectivity index (χ0v) is 25.8. The Labute approximate surface area is 244 Å². The van der Waals surface area contributed by atoms with E-state index in [1.807, 2.05) is 71.4 Å². The maximum atomic E-state index is 14.0. The van der Waals surface area contributed by atoms with Crippen LogP contribution in [0.5, 0.6) is 0 Å². The minimum Gasteiger partial charge on any atom is -0.469 e. The summed E-state index contributed by atoms with van der Waals surface area (Å²) in [5, 5.41) is 3.11. The lowest BCUT2D eigenvalue weighted by Gasteiger charge is -2.26. The lowest BCUT2D eigenvalue weighted by Crippen LogP contribution is -2.40. The third-order valence-electron chi connectivity index (χ3n) is 7.53. The maximum absolute atomic E-state index is 14.0. The number of pyridine rings is 1. The molecule has 0 aliphatic carbocycles. The largest absolute Gasteiger partial charge is 0.469 e. The summed E-state index contributed by atoms with van der Waals surface area (Å²) in [5.74, 6) is -0.558. The van der Waals surface area contributed by atoms with Crippen molar-refractivity contribution in [1.82, 2.24) is 14.8 Å². The first kappa shape index (κ1) is 31.8. The summed E-state index contributed by atoms with van der Waals surface area (Å²) >= 11 is 0. The maximum Gasteiger partial charge on any atom is 0.307 e. The number of likely N-dealkylation sites (N-methyl/N-ethyl adjacent to an activating group) is 1. The molecule has 0 aliphatic rings. The molecule has 2 atom stereocenters. The SMILES string of the molecule is COC(=O)C[C@H](NC(=O)C(CC(C)C)n1cc(CCN(C)C)c(C)cc1=O)c1cccc(-c2c(C)cccc2C)c1. The lowest BCUT2D eigenvalue weighted by atomic mass is 9.92. The molecule has 220 valence electrons. The van der Waals surface area contributed by atoms with E-state index in [0.717, 1.165) is 51.9 Å². The van der Waals surface area contributed by atoms with E-state index in [9.17, 15) is 14.4 Å². The molecule has 1 heterocycles. The van der Waals surface area contributed by atoms with Crippen LogP contribution < -0.4 is 10.9 Å². The number of carbonyl (C=O) groups excluding carboxylic acids is 2. The van der Waals surface area contributed by atoms with Gasteiger partial charge < -0.3 is 19.5 Å². The van der Waals surface area contributed by atoms with Crippen LogP contribution in [0.2, 0.25) is 0 Å².